The smallest absolute Gasteiger partial charge is 0.231 e. The average Bonchev–Trinajstić information content (AvgIpc) is 2.30. The second kappa shape index (κ2) is 2.09. The zero-order valence-corrected chi connectivity index (χ0v) is 6.29. The molecule has 1 atom stereocenters. The van der Waals surface area contributed by atoms with E-state index in [1.807, 2.05) is 31.2 Å². The van der Waals surface area contributed by atoms with Crippen LogP contribution in [0, 0.1) is 0 Å². The third-order valence-corrected chi connectivity index (χ3v) is 2.08. The van der Waals surface area contributed by atoms with Crippen molar-refractivity contribution in [2.45, 2.75) is 12.8 Å². The van der Waals surface area contributed by atoms with E-state index in [0.717, 1.165) is 11.3 Å². The van der Waals surface area contributed by atoms with E-state index in [2.05, 4.69) is 5.32 Å². The van der Waals surface area contributed by atoms with Crippen molar-refractivity contribution in [3.05, 3.63) is 29.8 Å². The fourth-order valence-corrected chi connectivity index (χ4v) is 1.37. The third-order valence-electron chi connectivity index (χ3n) is 2.08. The van der Waals surface area contributed by atoms with Gasteiger partial charge in [-0.25, -0.2) is 0 Å². The van der Waals surface area contributed by atoms with Gasteiger partial charge in [-0.15, -0.1) is 0 Å². The lowest BCUT2D eigenvalue weighted by molar-refractivity contribution is -0.116. The summed E-state index contributed by atoms with van der Waals surface area (Å²) in [7, 11) is 0. The summed E-state index contributed by atoms with van der Waals surface area (Å²) in [5.74, 6) is 0.123. The number of hydrogen-bond acceptors (Lipinski definition) is 1. The van der Waals surface area contributed by atoms with Crippen LogP contribution in [0.25, 0.3) is 0 Å². The highest BCUT2D eigenvalue weighted by atomic mass is 16.2. The number of fused-ring (bicyclic) bond motifs is 1. The normalized spacial score (nSPS) is 21.2. The molecule has 2 heteroatoms. The molecule has 0 aromatic heterocycles. The number of carbonyl (C=O) groups is 1. The molecule has 0 bridgehead atoms. The molecule has 1 aromatic rings. The lowest BCUT2D eigenvalue weighted by Crippen LogP contribution is -2.08. The molecule has 0 aliphatic carbocycles. The van der Waals surface area contributed by atoms with Gasteiger partial charge < -0.3 is 5.32 Å². The molecule has 0 radical (unpaired) electrons. The molecular formula is C9H9NO. The van der Waals surface area contributed by atoms with Crippen LogP contribution < -0.4 is 5.32 Å². The summed E-state index contributed by atoms with van der Waals surface area (Å²) < 4.78 is 0. The Kier molecular flexibility index (Phi) is 1.22. The Labute approximate surface area is 65.2 Å². The first-order chi connectivity index (χ1) is 5.29. The van der Waals surface area contributed by atoms with Crippen LogP contribution >= 0.6 is 0 Å². The predicted octanol–water partition coefficient (Wildman–Crippen LogP) is 1.74. The Morgan fingerprint density at radius 2 is 2.09 bits per heavy atom. The van der Waals surface area contributed by atoms with E-state index < -0.39 is 0 Å². The zero-order valence-electron chi connectivity index (χ0n) is 6.29. The number of rotatable bonds is 0. The summed E-state index contributed by atoms with van der Waals surface area (Å²) in [6.07, 6.45) is 0. The third kappa shape index (κ3) is 0.827. The van der Waals surface area contributed by atoms with Crippen molar-refractivity contribution in [3.8, 4) is 0 Å². The minimum Gasteiger partial charge on any atom is -0.325 e. The number of carbonyl (C=O) groups excluding carboxylic acids is 1. The van der Waals surface area contributed by atoms with Gasteiger partial charge in [0, 0.05) is 5.69 Å². The monoisotopic (exact) mass is 147 g/mol. The van der Waals surface area contributed by atoms with Crippen LogP contribution in [0.3, 0.4) is 0 Å². The molecule has 56 valence electrons. The van der Waals surface area contributed by atoms with E-state index >= 15 is 0 Å². The van der Waals surface area contributed by atoms with Crippen LogP contribution in [-0.2, 0) is 4.79 Å². The van der Waals surface area contributed by atoms with Gasteiger partial charge in [-0.1, -0.05) is 18.2 Å². The van der Waals surface area contributed by atoms with Crippen molar-refractivity contribution in [1.82, 2.24) is 0 Å². The van der Waals surface area contributed by atoms with Crippen molar-refractivity contribution in [3.63, 3.8) is 0 Å². The van der Waals surface area contributed by atoms with Gasteiger partial charge in [0.05, 0.1) is 5.92 Å². The van der Waals surface area contributed by atoms with Gasteiger partial charge in [0.15, 0.2) is 0 Å². The molecule has 1 N–H and O–H groups in total. The number of amides is 1. The Hall–Kier alpha value is -1.31. The second-order valence-corrected chi connectivity index (χ2v) is 2.80. The molecule has 0 saturated heterocycles. The molecule has 1 aliphatic heterocycles. The summed E-state index contributed by atoms with van der Waals surface area (Å²) in [5.41, 5.74) is 2.07. The quantitative estimate of drug-likeness (QED) is 0.595. The Morgan fingerprint density at radius 3 is 2.82 bits per heavy atom. The van der Waals surface area contributed by atoms with Crippen LogP contribution in [-0.4, -0.2) is 5.91 Å². The minimum absolute atomic E-state index is 0.0196. The van der Waals surface area contributed by atoms with E-state index in [0.29, 0.717) is 0 Å². The van der Waals surface area contributed by atoms with Crippen LogP contribution in [0.15, 0.2) is 24.3 Å². The Morgan fingerprint density at radius 1 is 1.36 bits per heavy atom. The lowest BCUT2D eigenvalue weighted by Gasteiger charge is -1.97. The molecule has 0 spiro atoms. The van der Waals surface area contributed by atoms with E-state index in [9.17, 15) is 4.79 Å². The van der Waals surface area contributed by atoms with E-state index in [-0.39, 0.29) is 11.8 Å². The van der Waals surface area contributed by atoms with Crippen LogP contribution in [0.1, 0.15) is 18.4 Å². The predicted molar refractivity (Wildman–Crippen MR) is 43.5 cm³/mol. The number of anilines is 1. The fraction of sp³-hybridized carbons (Fsp3) is 0.222. The van der Waals surface area contributed by atoms with Gasteiger partial charge in [0.25, 0.3) is 0 Å². The van der Waals surface area contributed by atoms with E-state index in [1.165, 1.54) is 0 Å². The second-order valence-electron chi connectivity index (χ2n) is 2.80. The van der Waals surface area contributed by atoms with Crippen molar-refractivity contribution in [2.24, 2.45) is 0 Å². The minimum atomic E-state index is 0.0196. The number of nitrogens with one attached hydrogen (secondary N) is 1. The van der Waals surface area contributed by atoms with Gasteiger partial charge in [0.1, 0.15) is 0 Å². The number of para-hydroxylation sites is 1. The number of benzene rings is 1. The zero-order chi connectivity index (χ0) is 7.84. The maximum atomic E-state index is 11.1. The van der Waals surface area contributed by atoms with Crippen molar-refractivity contribution < 1.29 is 4.79 Å². The molecule has 1 aliphatic rings. The van der Waals surface area contributed by atoms with Crippen LogP contribution in [0.4, 0.5) is 5.69 Å². The summed E-state index contributed by atoms with van der Waals surface area (Å²) >= 11 is 0. The fourth-order valence-electron chi connectivity index (χ4n) is 1.37. The highest BCUT2D eigenvalue weighted by Gasteiger charge is 2.25. The van der Waals surface area contributed by atoms with Crippen LogP contribution in [0.2, 0.25) is 0 Å². The van der Waals surface area contributed by atoms with Gasteiger partial charge >= 0.3 is 0 Å². The molecule has 1 amide bonds. The molecule has 1 aromatic carbocycles. The highest BCUT2D eigenvalue weighted by molar-refractivity contribution is 6.02. The topological polar surface area (TPSA) is 29.1 Å². The molecular weight excluding hydrogens is 138 g/mol. The van der Waals surface area contributed by atoms with Gasteiger partial charge in [0.2, 0.25) is 5.91 Å². The first-order valence-electron chi connectivity index (χ1n) is 3.69. The molecule has 1 heterocycles. The summed E-state index contributed by atoms with van der Waals surface area (Å²) in [6, 6.07) is 7.79. The standard InChI is InChI=1S/C9H9NO/c1-6-7-4-2-3-5-8(7)10-9(6)11/h2-6H,1H3,(H,10,11)/t6-/m1/s1. The van der Waals surface area contributed by atoms with Gasteiger partial charge in [-0.2, -0.15) is 0 Å². The Balaban J connectivity index is 2.55. The van der Waals surface area contributed by atoms with Crippen LogP contribution in [0.5, 0.6) is 0 Å². The van der Waals surface area contributed by atoms with Gasteiger partial charge in [-0.3, -0.25) is 4.79 Å². The SMILES string of the molecule is C[C@H]1C(=O)Nc2ccccc21. The summed E-state index contributed by atoms with van der Waals surface area (Å²) in [4.78, 5) is 11.1. The molecule has 2 rings (SSSR count). The van der Waals surface area contributed by atoms with Crippen molar-refractivity contribution >= 4 is 11.6 Å². The van der Waals surface area contributed by atoms with Gasteiger partial charge in [-0.05, 0) is 18.6 Å². The van der Waals surface area contributed by atoms with E-state index in [4.69, 9.17) is 0 Å². The highest BCUT2D eigenvalue weighted by Crippen LogP contribution is 2.30. The first-order valence-corrected chi connectivity index (χ1v) is 3.69. The lowest BCUT2D eigenvalue weighted by atomic mass is 10.0. The van der Waals surface area contributed by atoms with Crippen molar-refractivity contribution in [1.29, 1.82) is 0 Å². The summed E-state index contributed by atoms with van der Waals surface area (Å²) in [5, 5.41) is 2.81. The molecule has 2 nitrogen and oxygen atoms in total. The molecule has 0 fully saturated rings. The largest absolute Gasteiger partial charge is 0.325 e. The maximum Gasteiger partial charge on any atom is 0.231 e. The number of hydrogen-bond donors (Lipinski definition) is 1. The molecule has 0 saturated carbocycles. The molecule has 11 heavy (non-hydrogen) atoms. The summed E-state index contributed by atoms with van der Waals surface area (Å²) in [6.45, 7) is 1.92. The van der Waals surface area contributed by atoms with E-state index in [1.54, 1.807) is 0 Å². The molecule has 0 unspecified atom stereocenters. The maximum absolute atomic E-state index is 11.1. The average molecular weight is 147 g/mol. The first kappa shape index (κ1) is 6.40. The van der Waals surface area contributed by atoms with Crippen molar-refractivity contribution in [2.75, 3.05) is 5.32 Å². The Bertz CT molecular complexity index is 306.